The minimum Gasteiger partial charge on any atom is -0.383 e. The summed E-state index contributed by atoms with van der Waals surface area (Å²) in [5.74, 6) is -0.572. The minimum atomic E-state index is -3.84. The average Bonchev–Trinajstić information content (AvgIpc) is 3.18. The van der Waals surface area contributed by atoms with Crippen molar-refractivity contribution in [2.24, 2.45) is 4.99 Å². The Morgan fingerprint density at radius 2 is 1.70 bits per heavy atom. The fraction of sp³-hybridized carbons (Fsp3) is 0.200. The Labute approximate surface area is 219 Å². The van der Waals surface area contributed by atoms with Crippen LogP contribution in [-0.4, -0.2) is 47.3 Å². The van der Waals surface area contributed by atoms with Crippen LogP contribution in [0, 0.1) is 6.92 Å². The van der Waals surface area contributed by atoms with Crippen molar-refractivity contribution >= 4 is 53.0 Å². The topological polar surface area (TPSA) is 124 Å². The van der Waals surface area contributed by atoms with Crippen LogP contribution in [0.3, 0.4) is 0 Å². The van der Waals surface area contributed by atoms with E-state index in [4.69, 9.17) is 4.74 Å². The Morgan fingerprint density at radius 1 is 1.00 bits per heavy atom. The molecule has 0 saturated carbocycles. The molecule has 0 aliphatic heterocycles. The third-order valence-corrected chi connectivity index (χ3v) is 9.04. The molecule has 0 aliphatic rings. The zero-order valence-electron chi connectivity index (χ0n) is 20.3. The van der Waals surface area contributed by atoms with E-state index in [2.05, 4.69) is 9.71 Å². The van der Waals surface area contributed by atoms with Crippen LogP contribution in [0.5, 0.6) is 0 Å². The van der Waals surface area contributed by atoms with Gasteiger partial charge in [-0.2, -0.15) is 4.99 Å². The molecule has 3 aromatic carbocycles. The van der Waals surface area contributed by atoms with E-state index in [1.54, 1.807) is 54.1 Å². The molecule has 1 amide bonds. The molecule has 0 radical (unpaired) electrons. The number of methoxy groups -OCH3 is 1. The Bertz CT molecular complexity index is 1750. The van der Waals surface area contributed by atoms with E-state index >= 15 is 0 Å². The summed E-state index contributed by atoms with van der Waals surface area (Å²) in [4.78, 5) is 18.0. The van der Waals surface area contributed by atoms with Crippen LogP contribution in [-0.2, 0) is 31.1 Å². The highest BCUT2D eigenvalue weighted by atomic mass is 32.2. The Kier molecular flexibility index (Phi) is 7.64. The predicted molar refractivity (Wildman–Crippen MR) is 143 cm³/mol. The van der Waals surface area contributed by atoms with Crippen molar-refractivity contribution in [1.82, 2.24) is 4.57 Å². The third-order valence-electron chi connectivity index (χ3n) is 5.49. The molecular formula is C25H25N3O6S3. The quantitative estimate of drug-likeness (QED) is 0.352. The number of fused-ring (bicyclic) bond motifs is 1. The largest absolute Gasteiger partial charge is 0.383 e. The number of ether oxygens (including phenoxy) is 1. The lowest BCUT2D eigenvalue weighted by atomic mass is 10.2. The van der Waals surface area contributed by atoms with Crippen molar-refractivity contribution in [2.75, 3.05) is 24.7 Å². The Hall–Kier alpha value is -3.32. The molecule has 4 rings (SSSR count). The number of amides is 1. The van der Waals surface area contributed by atoms with Gasteiger partial charge in [-0.15, -0.1) is 0 Å². The van der Waals surface area contributed by atoms with E-state index in [9.17, 15) is 21.6 Å². The number of carbonyl (C=O) groups excluding carboxylic acids is 1. The molecule has 0 spiro atoms. The molecule has 194 valence electrons. The summed E-state index contributed by atoms with van der Waals surface area (Å²) >= 11 is 1.18. The molecule has 1 heterocycles. The van der Waals surface area contributed by atoms with E-state index in [1.165, 1.54) is 35.6 Å². The summed E-state index contributed by atoms with van der Waals surface area (Å²) in [6.45, 7) is 2.62. The maximum Gasteiger partial charge on any atom is 0.279 e. The number of nitrogens with one attached hydrogen (secondary N) is 1. The number of rotatable bonds is 8. The molecule has 0 bridgehead atoms. The first-order chi connectivity index (χ1) is 17.5. The number of aryl methyl sites for hydroxylation is 1. The van der Waals surface area contributed by atoms with E-state index in [0.29, 0.717) is 22.7 Å². The van der Waals surface area contributed by atoms with Gasteiger partial charge in [-0.05, 0) is 55.5 Å². The van der Waals surface area contributed by atoms with Crippen LogP contribution < -0.4 is 9.52 Å². The van der Waals surface area contributed by atoms with Crippen molar-refractivity contribution in [1.29, 1.82) is 0 Å². The first-order valence-corrected chi connectivity index (χ1v) is 15.3. The lowest BCUT2D eigenvalue weighted by molar-refractivity contribution is 0.0997. The number of hydrogen-bond donors (Lipinski definition) is 1. The molecule has 0 fully saturated rings. The second-order valence-electron chi connectivity index (χ2n) is 8.35. The monoisotopic (exact) mass is 559 g/mol. The normalized spacial score (nSPS) is 12.7. The lowest BCUT2D eigenvalue weighted by Crippen LogP contribution is -2.19. The average molecular weight is 560 g/mol. The highest BCUT2D eigenvalue weighted by molar-refractivity contribution is 7.92. The number of carbonyl (C=O) groups is 1. The maximum atomic E-state index is 13.1. The van der Waals surface area contributed by atoms with Gasteiger partial charge in [-0.3, -0.25) is 9.52 Å². The molecule has 12 heteroatoms. The van der Waals surface area contributed by atoms with Crippen LogP contribution >= 0.6 is 11.3 Å². The van der Waals surface area contributed by atoms with E-state index in [-0.39, 0.29) is 21.0 Å². The number of benzene rings is 3. The van der Waals surface area contributed by atoms with Crippen molar-refractivity contribution in [2.45, 2.75) is 23.3 Å². The number of sulfonamides is 1. The summed E-state index contributed by atoms with van der Waals surface area (Å²) in [6, 6.07) is 17.3. The molecule has 0 saturated heterocycles. The first-order valence-electron chi connectivity index (χ1n) is 11.1. The number of nitrogens with zero attached hydrogens (tertiary/aromatic N) is 2. The molecule has 0 atom stereocenters. The Balaban J connectivity index is 1.70. The summed E-state index contributed by atoms with van der Waals surface area (Å²) < 4.78 is 59.6. The fourth-order valence-electron chi connectivity index (χ4n) is 3.57. The van der Waals surface area contributed by atoms with Crippen molar-refractivity contribution in [3.05, 3.63) is 82.7 Å². The number of hydrogen-bond acceptors (Lipinski definition) is 7. The number of sulfone groups is 1. The third kappa shape index (κ3) is 6.16. The van der Waals surface area contributed by atoms with Crippen molar-refractivity contribution in [3.63, 3.8) is 0 Å². The molecule has 1 aromatic heterocycles. The molecule has 37 heavy (non-hydrogen) atoms. The van der Waals surface area contributed by atoms with Crippen LogP contribution in [0.4, 0.5) is 5.69 Å². The smallest absolute Gasteiger partial charge is 0.279 e. The number of aromatic nitrogens is 1. The van der Waals surface area contributed by atoms with E-state index in [0.717, 1.165) is 17.3 Å². The summed E-state index contributed by atoms with van der Waals surface area (Å²) in [5, 5.41) is 0. The number of thiazole rings is 1. The van der Waals surface area contributed by atoms with Gasteiger partial charge < -0.3 is 9.30 Å². The second-order valence-corrected chi connectivity index (χ2v) is 13.1. The highest BCUT2D eigenvalue weighted by Crippen LogP contribution is 2.23. The van der Waals surface area contributed by atoms with Gasteiger partial charge in [0.1, 0.15) is 0 Å². The van der Waals surface area contributed by atoms with Gasteiger partial charge in [0.15, 0.2) is 14.6 Å². The Morgan fingerprint density at radius 3 is 2.38 bits per heavy atom. The SMILES string of the molecule is COCCn1c(=NC(=O)c2cccc(NS(=O)(=O)c3ccc(C)cc3)c2)sc2cc(S(C)(=O)=O)ccc21. The molecular weight excluding hydrogens is 534 g/mol. The molecule has 0 unspecified atom stereocenters. The van der Waals surface area contributed by atoms with Gasteiger partial charge in [-0.1, -0.05) is 35.1 Å². The van der Waals surface area contributed by atoms with E-state index < -0.39 is 25.8 Å². The molecule has 0 aliphatic carbocycles. The van der Waals surface area contributed by atoms with Crippen LogP contribution in [0.1, 0.15) is 15.9 Å². The van der Waals surface area contributed by atoms with Crippen molar-refractivity contribution in [3.8, 4) is 0 Å². The minimum absolute atomic E-state index is 0.109. The predicted octanol–water partition coefficient (Wildman–Crippen LogP) is 3.60. The zero-order chi connectivity index (χ0) is 26.8. The van der Waals surface area contributed by atoms with Crippen LogP contribution in [0.2, 0.25) is 0 Å². The van der Waals surface area contributed by atoms with Crippen LogP contribution in [0.25, 0.3) is 10.2 Å². The van der Waals surface area contributed by atoms with Gasteiger partial charge >= 0.3 is 0 Å². The number of anilines is 1. The molecule has 9 nitrogen and oxygen atoms in total. The van der Waals surface area contributed by atoms with Gasteiger partial charge in [0, 0.05) is 31.2 Å². The van der Waals surface area contributed by atoms with Gasteiger partial charge in [0.25, 0.3) is 15.9 Å². The first kappa shape index (κ1) is 26.7. The van der Waals surface area contributed by atoms with Crippen molar-refractivity contribution < 1.29 is 26.4 Å². The summed E-state index contributed by atoms with van der Waals surface area (Å²) in [7, 11) is -5.69. The van der Waals surface area contributed by atoms with Gasteiger partial charge in [0.2, 0.25) is 0 Å². The zero-order valence-corrected chi connectivity index (χ0v) is 22.8. The molecule has 1 N–H and O–H groups in total. The highest BCUT2D eigenvalue weighted by Gasteiger charge is 2.16. The maximum absolute atomic E-state index is 13.1. The van der Waals surface area contributed by atoms with Gasteiger partial charge in [0.05, 0.1) is 26.6 Å². The molecule has 4 aromatic rings. The van der Waals surface area contributed by atoms with Gasteiger partial charge in [-0.25, -0.2) is 16.8 Å². The lowest BCUT2D eigenvalue weighted by Gasteiger charge is -2.09. The summed E-state index contributed by atoms with van der Waals surface area (Å²) in [6.07, 6.45) is 1.13. The second kappa shape index (κ2) is 10.6. The summed E-state index contributed by atoms with van der Waals surface area (Å²) in [5.41, 5.74) is 2.07. The standard InChI is InChI=1S/C25H25N3O6S3/c1-17-7-9-20(10-8-17)37(32,33)27-19-6-4-5-18(15-19)24(29)26-25-28(13-14-34-2)22-12-11-21(36(3,30)31)16-23(22)35-25/h4-12,15-16,27H,13-14H2,1-3H3. The van der Waals surface area contributed by atoms with E-state index in [1.807, 2.05) is 6.92 Å². The fourth-order valence-corrected chi connectivity index (χ4v) is 6.43. The van der Waals surface area contributed by atoms with Crippen LogP contribution in [0.15, 0.2) is 81.5 Å².